The van der Waals surface area contributed by atoms with Gasteiger partial charge in [-0.1, -0.05) is 12.1 Å². The van der Waals surface area contributed by atoms with Gasteiger partial charge in [0.05, 0.1) is 11.1 Å². The molecule has 6 heteroatoms. The summed E-state index contributed by atoms with van der Waals surface area (Å²) in [6.45, 7) is 0. The monoisotopic (exact) mass is 248 g/mol. The molecule has 2 aromatic carbocycles. The molecule has 0 radical (unpaired) electrons. The van der Waals surface area contributed by atoms with E-state index >= 15 is 0 Å². The average Bonchev–Trinajstić information content (AvgIpc) is 2.44. The second kappa shape index (κ2) is 4.82. The molecule has 0 bridgehead atoms. The van der Waals surface area contributed by atoms with Crippen molar-refractivity contribution in [2.24, 2.45) is 0 Å². The fourth-order valence-electron chi connectivity index (χ4n) is 1.61. The van der Waals surface area contributed by atoms with Crippen LogP contribution >= 0.6 is 0 Å². The molecule has 2 N–H and O–H groups in total. The molecule has 6 nitrogen and oxygen atoms in total. The van der Waals surface area contributed by atoms with Gasteiger partial charge in [0.25, 0.3) is 0 Å². The summed E-state index contributed by atoms with van der Waals surface area (Å²) in [4.78, 5) is 29.4. The van der Waals surface area contributed by atoms with Crippen LogP contribution in [0.1, 0.15) is 20.7 Å². The summed E-state index contributed by atoms with van der Waals surface area (Å²) in [5.74, 6) is -1.73. The molecule has 0 unspecified atom stereocenters. The number of hydrogen-bond acceptors (Lipinski definition) is 6. The van der Waals surface area contributed by atoms with Crippen LogP contribution < -0.4 is 0 Å². The van der Waals surface area contributed by atoms with Gasteiger partial charge in [-0.05, 0) is 35.0 Å². The largest absolute Gasteiger partial charge is 0.372 e. The van der Waals surface area contributed by atoms with E-state index in [9.17, 15) is 9.59 Å². The van der Waals surface area contributed by atoms with Crippen molar-refractivity contribution in [1.82, 2.24) is 0 Å². The van der Waals surface area contributed by atoms with E-state index in [2.05, 4.69) is 9.78 Å². The molecular weight excluding hydrogens is 240 g/mol. The van der Waals surface area contributed by atoms with Crippen molar-refractivity contribution >= 4 is 22.7 Å². The molecule has 2 rings (SSSR count). The highest BCUT2D eigenvalue weighted by Gasteiger charge is 2.10. The molecule has 0 aliphatic rings. The maximum absolute atomic E-state index is 11.1. The van der Waals surface area contributed by atoms with Gasteiger partial charge < -0.3 is 0 Å². The number of carbonyl (C=O) groups is 2. The maximum atomic E-state index is 11.1. The third-order valence-corrected chi connectivity index (χ3v) is 2.48. The van der Waals surface area contributed by atoms with Crippen molar-refractivity contribution in [3.05, 3.63) is 47.5 Å². The van der Waals surface area contributed by atoms with Crippen LogP contribution in [-0.4, -0.2) is 22.5 Å². The van der Waals surface area contributed by atoms with E-state index in [0.29, 0.717) is 10.8 Å². The zero-order valence-corrected chi connectivity index (χ0v) is 8.99. The normalized spacial score (nSPS) is 10.1. The van der Waals surface area contributed by atoms with Gasteiger partial charge in [-0.3, -0.25) is 9.78 Å². The summed E-state index contributed by atoms with van der Waals surface area (Å²) in [5, 5.41) is 17.9. The van der Waals surface area contributed by atoms with E-state index in [1.165, 1.54) is 24.3 Å². The summed E-state index contributed by atoms with van der Waals surface area (Å²) >= 11 is 0. The SMILES string of the molecule is O=C(OO)c1ccc2cc(C(=O)OO)ccc2c1. The Hall–Kier alpha value is -2.44. The predicted octanol–water partition coefficient (Wildman–Crippen LogP) is 2.10. The van der Waals surface area contributed by atoms with Crippen LogP contribution in [0.15, 0.2) is 36.4 Å². The smallest absolute Gasteiger partial charge is 0.296 e. The third-order valence-electron chi connectivity index (χ3n) is 2.48. The number of carbonyl (C=O) groups excluding carboxylic acids is 2. The van der Waals surface area contributed by atoms with Crippen LogP contribution in [0.3, 0.4) is 0 Å². The molecule has 0 amide bonds. The van der Waals surface area contributed by atoms with Crippen LogP contribution in [0.4, 0.5) is 0 Å². The first kappa shape index (κ1) is 12.0. The van der Waals surface area contributed by atoms with Gasteiger partial charge >= 0.3 is 11.9 Å². The van der Waals surface area contributed by atoms with E-state index in [1.807, 2.05) is 0 Å². The van der Waals surface area contributed by atoms with Crippen LogP contribution in [0.2, 0.25) is 0 Å². The van der Waals surface area contributed by atoms with E-state index in [1.54, 1.807) is 12.1 Å². The summed E-state index contributed by atoms with van der Waals surface area (Å²) in [6.07, 6.45) is 0. The highest BCUT2D eigenvalue weighted by atomic mass is 17.1. The number of fused-ring (bicyclic) bond motifs is 1. The molecule has 0 spiro atoms. The Kier molecular flexibility index (Phi) is 3.22. The Morgan fingerprint density at radius 1 is 0.778 bits per heavy atom. The molecule has 0 aliphatic carbocycles. The summed E-state index contributed by atoms with van der Waals surface area (Å²) in [5.41, 5.74) is 0.366. The number of rotatable bonds is 2. The molecule has 0 saturated heterocycles. The molecule has 0 aliphatic heterocycles. The van der Waals surface area contributed by atoms with E-state index < -0.39 is 11.9 Å². The first-order valence-electron chi connectivity index (χ1n) is 4.91. The standard InChI is InChI=1S/C12H8O6/c13-11(17-15)9-3-1-7-5-10(12(14)18-16)4-2-8(7)6-9/h1-6,15-16H. The van der Waals surface area contributed by atoms with Gasteiger partial charge in [0.1, 0.15) is 0 Å². The average molecular weight is 248 g/mol. The lowest BCUT2D eigenvalue weighted by molar-refractivity contribution is -0.182. The third kappa shape index (κ3) is 2.15. The van der Waals surface area contributed by atoms with Gasteiger partial charge in [0.2, 0.25) is 0 Å². The lowest BCUT2D eigenvalue weighted by Gasteiger charge is -2.03. The lowest BCUT2D eigenvalue weighted by Crippen LogP contribution is -2.02. The van der Waals surface area contributed by atoms with E-state index in [0.717, 1.165) is 0 Å². The molecule has 92 valence electrons. The molecule has 0 aromatic heterocycles. The fraction of sp³-hybridized carbons (Fsp3) is 0. The lowest BCUT2D eigenvalue weighted by atomic mass is 10.0. The Morgan fingerprint density at radius 3 is 1.50 bits per heavy atom. The molecule has 0 saturated carbocycles. The Morgan fingerprint density at radius 2 is 1.17 bits per heavy atom. The Bertz CT molecular complexity index is 564. The van der Waals surface area contributed by atoms with E-state index in [4.69, 9.17) is 10.5 Å². The molecule has 18 heavy (non-hydrogen) atoms. The van der Waals surface area contributed by atoms with Gasteiger partial charge in [0.15, 0.2) is 0 Å². The Balaban J connectivity index is 2.48. The molecule has 0 atom stereocenters. The van der Waals surface area contributed by atoms with Crippen LogP contribution in [0.5, 0.6) is 0 Å². The minimum absolute atomic E-state index is 0.183. The molecule has 2 aromatic rings. The summed E-state index contributed by atoms with van der Waals surface area (Å²) < 4.78 is 0. The minimum atomic E-state index is -0.865. The predicted molar refractivity (Wildman–Crippen MR) is 60.0 cm³/mol. The maximum Gasteiger partial charge on any atom is 0.372 e. The number of benzene rings is 2. The minimum Gasteiger partial charge on any atom is -0.296 e. The zero-order valence-electron chi connectivity index (χ0n) is 8.99. The summed E-state index contributed by atoms with van der Waals surface area (Å²) in [6, 6.07) is 9.04. The van der Waals surface area contributed by atoms with Gasteiger partial charge in [-0.15, -0.1) is 0 Å². The van der Waals surface area contributed by atoms with Crippen molar-refractivity contribution < 1.29 is 29.9 Å². The fourth-order valence-corrected chi connectivity index (χ4v) is 1.61. The second-order valence-electron chi connectivity index (χ2n) is 3.53. The van der Waals surface area contributed by atoms with Gasteiger partial charge in [-0.2, -0.15) is 10.5 Å². The topological polar surface area (TPSA) is 93.1 Å². The first-order valence-corrected chi connectivity index (χ1v) is 4.91. The van der Waals surface area contributed by atoms with Crippen molar-refractivity contribution in [3.8, 4) is 0 Å². The van der Waals surface area contributed by atoms with Crippen LogP contribution in [0, 0.1) is 0 Å². The molecule has 0 fully saturated rings. The quantitative estimate of drug-likeness (QED) is 0.624. The first-order chi connectivity index (χ1) is 8.65. The van der Waals surface area contributed by atoms with Gasteiger partial charge in [0, 0.05) is 0 Å². The summed E-state index contributed by atoms with van der Waals surface area (Å²) in [7, 11) is 0. The highest BCUT2D eigenvalue weighted by Crippen LogP contribution is 2.19. The Labute approximate surface area is 101 Å². The number of hydrogen-bond donors (Lipinski definition) is 2. The van der Waals surface area contributed by atoms with E-state index in [-0.39, 0.29) is 11.1 Å². The van der Waals surface area contributed by atoms with Crippen LogP contribution in [-0.2, 0) is 9.78 Å². The second-order valence-corrected chi connectivity index (χ2v) is 3.53. The van der Waals surface area contributed by atoms with Gasteiger partial charge in [-0.25, -0.2) is 9.59 Å². The van der Waals surface area contributed by atoms with Crippen molar-refractivity contribution in [2.45, 2.75) is 0 Å². The zero-order chi connectivity index (χ0) is 13.1. The van der Waals surface area contributed by atoms with Crippen molar-refractivity contribution in [2.75, 3.05) is 0 Å². The molecule has 0 heterocycles. The van der Waals surface area contributed by atoms with Crippen LogP contribution in [0.25, 0.3) is 10.8 Å². The highest BCUT2D eigenvalue weighted by molar-refractivity contribution is 5.98. The van der Waals surface area contributed by atoms with Crippen molar-refractivity contribution in [1.29, 1.82) is 0 Å². The van der Waals surface area contributed by atoms with Crippen molar-refractivity contribution in [3.63, 3.8) is 0 Å². The molecular formula is C12H8O6.